The second kappa shape index (κ2) is 8.13. The fourth-order valence-corrected chi connectivity index (χ4v) is 8.33. The Hall–Kier alpha value is -3.23. The van der Waals surface area contributed by atoms with Gasteiger partial charge >= 0.3 is 0 Å². The summed E-state index contributed by atoms with van der Waals surface area (Å²) in [5.74, 6) is 0.478. The molecule has 2 heterocycles. The van der Waals surface area contributed by atoms with Crippen LogP contribution in [0.25, 0.3) is 53.0 Å². The highest BCUT2D eigenvalue weighted by molar-refractivity contribution is 7.26. The molecule has 1 aliphatic rings. The van der Waals surface area contributed by atoms with Gasteiger partial charge in [-0.1, -0.05) is 90.1 Å². The third-order valence-corrected chi connectivity index (χ3v) is 10.3. The molecule has 0 spiro atoms. The zero-order valence-corrected chi connectivity index (χ0v) is 24.1. The summed E-state index contributed by atoms with van der Waals surface area (Å²) in [6.07, 6.45) is 4.46. The molecule has 1 nitrogen and oxygen atoms in total. The monoisotopic (exact) mass is 513 g/mol. The SMILES string of the molecule is CC(C)c1ccc(-c2nccc3cc4sc5c6c(ccc5c4cc23)C(C)(C)CCC6(C)C)c2ccccc12. The third-order valence-electron chi connectivity index (χ3n) is 9.14. The average Bonchev–Trinajstić information content (AvgIpc) is 3.26. The maximum Gasteiger partial charge on any atom is 0.0786 e. The smallest absolute Gasteiger partial charge is 0.0786 e. The fourth-order valence-electron chi connectivity index (χ4n) is 6.87. The second-order valence-electron chi connectivity index (χ2n) is 12.9. The van der Waals surface area contributed by atoms with Crippen LogP contribution in [0.2, 0.25) is 0 Å². The van der Waals surface area contributed by atoms with Crippen molar-refractivity contribution in [2.45, 2.75) is 71.1 Å². The minimum Gasteiger partial charge on any atom is -0.256 e. The molecule has 0 unspecified atom stereocenters. The Morgan fingerprint density at radius 1 is 0.737 bits per heavy atom. The fraction of sp³-hybridized carbons (Fsp3) is 0.306. The topological polar surface area (TPSA) is 12.9 Å². The molecule has 0 aliphatic heterocycles. The van der Waals surface area contributed by atoms with Crippen LogP contribution in [0.1, 0.15) is 77.0 Å². The van der Waals surface area contributed by atoms with Gasteiger partial charge in [-0.15, -0.1) is 11.3 Å². The van der Waals surface area contributed by atoms with Crippen molar-refractivity contribution in [3.8, 4) is 11.3 Å². The molecule has 4 aromatic carbocycles. The first-order chi connectivity index (χ1) is 18.2. The van der Waals surface area contributed by atoms with Crippen LogP contribution < -0.4 is 0 Å². The molecule has 6 aromatic rings. The van der Waals surface area contributed by atoms with Crippen molar-refractivity contribution in [1.29, 1.82) is 0 Å². The van der Waals surface area contributed by atoms with E-state index in [4.69, 9.17) is 4.98 Å². The lowest BCUT2D eigenvalue weighted by molar-refractivity contribution is 0.335. The molecule has 1 aliphatic carbocycles. The van der Waals surface area contributed by atoms with Gasteiger partial charge in [-0.2, -0.15) is 0 Å². The summed E-state index contributed by atoms with van der Waals surface area (Å²) < 4.78 is 2.85. The average molecular weight is 514 g/mol. The van der Waals surface area contributed by atoms with Crippen molar-refractivity contribution >= 4 is 53.1 Å². The summed E-state index contributed by atoms with van der Waals surface area (Å²) in [6.45, 7) is 14.3. The number of hydrogen-bond acceptors (Lipinski definition) is 2. The largest absolute Gasteiger partial charge is 0.256 e. The Morgan fingerprint density at radius 2 is 1.50 bits per heavy atom. The van der Waals surface area contributed by atoms with Crippen LogP contribution in [0.3, 0.4) is 0 Å². The summed E-state index contributed by atoms with van der Waals surface area (Å²) in [6, 6.07) is 25.2. The van der Waals surface area contributed by atoms with Crippen molar-refractivity contribution in [3.05, 3.63) is 89.6 Å². The molecule has 38 heavy (non-hydrogen) atoms. The lowest BCUT2D eigenvalue weighted by atomic mass is 9.63. The van der Waals surface area contributed by atoms with E-state index in [0.29, 0.717) is 5.92 Å². The molecule has 0 radical (unpaired) electrons. The molecule has 0 atom stereocenters. The Bertz CT molecular complexity index is 1900. The lowest BCUT2D eigenvalue weighted by Gasteiger charge is -2.42. The number of hydrogen-bond donors (Lipinski definition) is 0. The first-order valence-corrected chi connectivity index (χ1v) is 14.8. The molecule has 2 aromatic heterocycles. The molecule has 0 amide bonds. The summed E-state index contributed by atoms with van der Waals surface area (Å²) in [5, 5.41) is 7.87. The van der Waals surface area contributed by atoms with E-state index in [9.17, 15) is 0 Å². The normalized spacial score (nSPS) is 16.6. The van der Waals surface area contributed by atoms with Crippen LogP contribution in [-0.2, 0) is 10.8 Å². The van der Waals surface area contributed by atoms with E-state index < -0.39 is 0 Å². The second-order valence-corrected chi connectivity index (χ2v) is 13.9. The highest BCUT2D eigenvalue weighted by Crippen LogP contribution is 2.51. The predicted molar refractivity (Wildman–Crippen MR) is 167 cm³/mol. The number of benzene rings is 4. The van der Waals surface area contributed by atoms with E-state index in [2.05, 4.69) is 108 Å². The van der Waals surface area contributed by atoms with Crippen LogP contribution in [0, 0.1) is 0 Å². The molecule has 0 fully saturated rings. The van der Waals surface area contributed by atoms with Gasteiger partial charge in [0.25, 0.3) is 0 Å². The maximum absolute atomic E-state index is 4.99. The Labute approximate surface area is 229 Å². The van der Waals surface area contributed by atoms with Crippen molar-refractivity contribution in [1.82, 2.24) is 4.98 Å². The first-order valence-electron chi connectivity index (χ1n) is 14.0. The van der Waals surface area contributed by atoms with E-state index >= 15 is 0 Å². The number of rotatable bonds is 2. The van der Waals surface area contributed by atoms with Gasteiger partial charge in [0.05, 0.1) is 5.69 Å². The molecule has 0 saturated carbocycles. The van der Waals surface area contributed by atoms with E-state index in [1.807, 2.05) is 17.5 Å². The van der Waals surface area contributed by atoms with Crippen molar-refractivity contribution in [2.24, 2.45) is 0 Å². The van der Waals surface area contributed by atoms with Gasteiger partial charge in [0.1, 0.15) is 0 Å². The highest BCUT2D eigenvalue weighted by atomic mass is 32.1. The summed E-state index contributed by atoms with van der Waals surface area (Å²) in [4.78, 5) is 4.99. The molecule has 190 valence electrons. The molecule has 0 N–H and O–H groups in total. The van der Waals surface area contributed by atoms with Crippen LogP contribution in [-0.4, -0.2) is 4.98 Å². The quantitative estimate of drug-likeness (QED) is 0.224. The Morgan fingerprint density at radius 3 is 2.29 bits per heavy atom. The summed E-state index contributed by atoms with van der Waals surface area (Å²) >= 11 is 1.98. The molecule has 7 rings (SSSR count). The number of nitrogens with zero attached hydrogens (tertiary/aromatic N) is 1. The predicted octanol–water partition coefficient (Wildman–Crippen LogP) is 10.9. The van der Waals surface area contributed by atoms with Crippen molar-refractivity contribution in [2.75, 3.05) is 0 Å². The minimum atomic E-state index is 0.189. The third kappa shape index (κ3) is 3.39. The van der Waals surface area contributed by atoms with Gasteiger partial charge in [-0.3, -0.25) is 4.98 Å². The van der Waals surface area contributed by atoms with E-state index in [-0.39, 0.29) is 10.8 Å². The van der Waals surface area contributed by atoms with E-state index in [0.717, 1.165) is 5.69 Å². The van der Waals surface area contributed by atoms with Gasteiger partial charge in [0.15, 0.2) is 0 Å². The number of thiophene rings is 1. The van der Waals surface area contributed by atoms with Crippen LogP contribution >= 0.6 is 11.3 Å². The van der Waals surface area contributed by atoms with Gasteiger partial charge in [0.2, 0.25) is 0 Å². The van der Waals surface area contributed by atoms with Crippen LogP contribution in [0.15, 0.2) is 72.9 Å². The number of aromatic nitrogens is 1. The van der Waals surface area contributed by atoms with Gasteiger partial charge < -0.3 is 0 Å². The van der Waals surface area contributed by atoms with E-state index in [1.165, 1.54) is 71.2 Å². The zero-order chi connectivity index (χ0) is 26.4. The Balaban J connectivity index is 1.53. The molecular weight excluding hydrogens is 478 g/mol. The van der Waals surface area contributed by atoms with Crippen molar-refractivity contribution in [3.63, 3.8) is 0 Å². The molecule has 2 heteroatoms. The molecule has 0 bridgehead atoms. The first kappa shape index (κ1) is 23.9. The van der Waals surface area contributed by atoms with Gasteiger partial charge in [-0.25, -0.2) is 0 Å². The molecule has 0 saturated heterocycles. The van der Waals surface area contributed by atoms with Gasteiger partial charge in [-0.05, 0) is 80.6 Å². The minimum absolute atomic E-state index is 0.189. The number of fused-ring (bicyclic) bond motifs is 7. The highest BCUT2D eigenvalue weighted by Gasteiger charge is 2.38. The Kier molecular flexibility index (Phi) is 5.11. The van der Waals surface area contributed by atoms with Crippen LogP contribution in [0.4, 0.5) is 0 Å². The van der Waals surface area contributed by atoms with Gasteiger partial charge in [0, 0.05) is 37.3 Å². The summed E-state index contributed by atoms with van der Waals surface area (Å²) in [5.41, 5.74) is 7.21. The standard InChI is InChI=1S/C36H35NS/c1-21(2)23-11-12-26(25-10-8-7-9-24(23)25)33-28-20-29-27-13-14-30-32(36(5,6)17-16-35(30,3)4)34(27)38-31(29)19-22(28)15-18-37-33/h7-15,18-21H,16-17H2,1-6H3. The zero-order valence-electron chi connectivity index (χ0n) is 23.3. The van der Waals surface area contributed by atoms with E-state index in [1.54, 1.807) is 5.56 Å². The van der Waals surface area contributed by atoms with Crippen molar-refractivity contribution < 1.29 is 0 Å². The summed E-state index contributed by atoms with van der Waals surface area (Å²) in [7, 11) is 0. The molecular formula is C36H35NS. The lowest BCUT2D eigenvalue weighted by Crippen LogP contribution is -2.33. The van der Waals surface area contributed by atoms with Crippen LogP contribution in [0.5, 0.6) is 0 Å². The maximum atomic E-state index is 4.99. The number of pyridine rings is 1.